The quantitative estimate of drug-likeness (QED) is 0.636. The minimum Gasteiger partial charge on any atom is -0.324 e. The summed E-state index contributed by atoms with van der Waals surface area (Å²) in [5.74, 6) is 0.819. The maximum atomic E-state index is 10.8. The monoisotopic (exact) mass is 141 g/mol. The molecule has 1 aliphatic rings. The summed E-state index contributed by atoms with van der Waals surface area (Å²) < 4.78 is 0. The van der Waals surface area contributed by atoms with Crippen LogP contribution in [0.15, 0.2) is 0 Å². The maximum Gasteiger partial charge on any atom is 0.146 e. The smallest absolute Gasteiger partial charge is 0.146 e. The molecule has 0 aromatic heterocycles. The van der Waals surface area contributed by atoms with Gasteiger partial charge < -0.3 is 5.73 Å². The van der Waals surface area contributed by atoms with Crippen LogP contribution in [0.25, 0.3) is 0 Å². The molecule has 1 atom stereocenters. The highest BCUT2D eigenvalue weighted by atomic mass is 16.1. The van der Waals surface area contributed by atoms with Gasteiger partial charge in [0.15, 0.2) is 0 Å². The normalized spacial score (nSPS) is 28.1. The van der Waals surface area contributed by atoms with Crippen LogP contribution >= 0.6 is 0 Å². The van der Waals surface area contributed by atoms with E-state index in [9.17, 15) is 4.79 Å². The molecule has 0 saturated heterocycles. The van der Waals surface area contributed by atoms with Crippen LogP contribution in [0, 0.1) is 11.3 Å². The van der Waals surface area contributed by atoms with Gasteiger partial charge in [-0.1, -0.05) is 13.8 Å². The van der Waals surface area contributed by atoms with E-state index < -0.39 is 0 Å². The van der Waals surface area contributed by atoms with Crippen LogP contribution in [-0.4, -0.2) is 12.3 Å². The average Bonchev–Trinajstić information content (AvgIpc) is 2.40. The Bertz CT molecular complexity index is 151. The Morgan fingerprint density at radius 2 is 2.20 bits per heavy atom. The number of Topliss-reactive ketones (excluding diaryl/α,β-unsaturated/α-hetero) is 1. The van der Waals surface area contributed by atoms with Gasteiger partial charge in [-0.15, -0.1) is 0 Å². The molecular formula is C8H15NO. The molecule has 0 aromatic carbocycles. The summed E-state index contributed by atoms with van der Waals surface area (Å²) in [6.45, 7) is 4.61. The van der Waals surface area contributed by atoms with Gasteiger partial charge >= 0.3 is 0 Å². The highest BCUT2D eigenvalue weighted by Gasteiger charge is 2.45. The summed E-state index contributed by atoms with van der Waals surface area (Å²) in [6, 6.07) is 0. The van der Waals surface area contributed by atoms with Gasteiger partial charge in [-0.05, 0) is 17.8 Å². The first-order chi connectivity index (χ1) is 4.56. The molecule has 0 aromatic rings. The third-order valence-corrected chi connectivity index (χ3v) is 2.42. The zero-order chi connectivity index (χ0) is 7.78. The predicted molar refractivity (Wildman–Crippen MR) is 40.6 cm³/mol. The molecule has 1 aliphatic carbocycles. The lowest BCUT2D eigenvalue weighted by Gasteiger charge is -1.99. The van der Waals surface area contributed by atoms with Crippen molar-refractivity contribution in [2.45, 2.75) is 26.7 Å². The number of ketones is 1. The summed E-state index contributed by atoms with van der Waals surface area (Å²) >= 11 is 0. The van der Waals surface area contributed by atoms with Crippen molar-refractivity contribution in [1.82, 2.24) is 0 Å². The van der Waals surface area contributed by atoms with Crippen LogP contribution in [0.2, 0.25) is 0 Å². The molecule has 0 bridgehead atoms. The molecule has 0 spiro atoms. The number of hydrogen-bond acceptors (Lipinski definition) is 2. The van der Waals surface area contributed by atoms with Gasteiger partial charge in [-0.25, -0.2) is 0 Å². The Morgan fingerprint density at radius 1 is 1.70 bits per heavy atom. The molecule has 2 N–H and O–H groups in total. The van der Waals surface area contributed by atoms with Crippen molar-refractivity contribution in [1.29, 1.82) is 0 Å². The SMILES string of the molecule is CC1(C)CC1CC(=O)CN. The van der Waals surface area contributed by atoms with Crippen LogP contribution < -0.4 is 5.73 Å². The fourth-order valence-electron chi connectivity index (χ4n) is 1.28. The van der Waals surface area contributed by atoms with E-state index in [-0.39, 0.29) is 12.3 Å². The fourth-order valence-corrected chi connectivity index (χ4v) is 1.28. The average molecular weight is 141 g/mol. The van der Waals surface area contributed by atoms with E-state index >= 15 is 0 Å². The Labute approximate surface area is 61.8 Å². The second kappa shape index (κ2) is 2.35. The third kappa shape index (κ3) is 1.57. The first-order valence-electron chi connectivity index (χ1n) is 3.78. The highest BCUT2D eigenvalue weighted by Crippen LogP contribution is 2.53. The minimum absolute atomic E-state index is 0.204. The zero-order valence-corrected chi connectivity index (χ0v) is 6.68. The van der Waals surface area contributed by atoms with E-state index in [1.165, 1.54) is 6.42 Å². The van der Waals surface area contributed by atoms with E-state index in [4.69, 9.17) is 5.73 Å². The first-order valence-corrected chi connectivity index (χ1v) is 3.78. The van der Waals surface area contributed by atoms with Crippen molar-refractivity contribution >= 4 is 5.78 Å². The molecule has 0 amide bonds. The van der Waals surface area contributed by atoms with Gasteiger partial charge in [0.05, 0.1) is 6.54 Å². The standard InChI is InChI=1S/C8H15NO/c1-8(2)4-6(8)3-7(10)5-9/h6H,3-5,9H2,1-2H3. The molecule has 1 unspecified atom stereocenters. The van der Waals surface area contributed by atoms with E-state index in [0.29, 0.717) is 17.8 Å². The van der Waals surface area contributed by atoms with Crippen molar-refractivity contribution in [2.75, 3.05) is 6.54 Å². The van der Waals surface area contributed by atoms with Crippen molar-refractivity contribution in [3.05, 3.63) is 0 Å². The Kier molecular flexibility index (Phi) is 1.82. The molecule has 2 nitrogen and oxygen atoms in total. The second-order valence-electron chi connectivity index (χ2n) is 3.84. The number of carbonyl (C=O) groups is 1. The molecule has 10 heavy (non-hydrogen) atoms. The van der Waals surface area contributed by atoms with Crippen molar-refractivity contribution < 1.29 is 4.79 Å². The third-order valence-electron chi connectivity index (χ3n) is 2.42. The van der Waals surface area contributed by atoms with Gasteiger partial charge in [-0.2, -0.15) is 0 Å². The number of hydrogen-bond donors (Lipinski definition) is 1. The summed E-state index contributed by atoms with van der Waals surface area (Å²) in [5.41, 5.74) is 5.61. The lowest BCUT2D eigenvalue weighted by molar-refractivity contribution is -0.118. The highest BCUT2D eigenvalue weighted by molar-refractivity contribution is 5.80. The molecule has 1 fully saturated rings. The zero-order valence-electron chi connectivity index (χ0n) is 6.68. The van der Waals surface area contributed by atoms with Crippen LogP contribution in [0.5, 0.6) is 0 Å². The molecule has 0 radical (unpaired) electrons. The van der Waals surface area contributed by atoms with Crippen LogP contribution in [-0.2, 0) is 4.79 Å². The Morgan fingerprint density at radius 3 is 2.50 bits per heavy atom. The second-order valence-corrected chi connectivity index (χ2v) is 3.84. The minimum atomic E-state index is 0.204. The predicted octanol–water partition coefficient (Wildman–Crippen LogP) is 0.950. The molecule has 58 valence electrons. The van der Waals surface area contributed by atoms with E-state index in [2.05, 4.69) is 13.8 Å². The first kappa shape index (κ1) is 7.73. The van der Waals surface area contributed by atoms with Gasteiger partial charge in [0.25, 0.3) is 0 Å². The summed E-state index contributed by atoms with van der Waals surface area (Å²) in [4.78, 5) is 10.8. The fraction of sp³-hybridized carbons (Fsp3) is 0.875. The number of rotatable bonds is 3. The van der Waals surface area contributed by atoms with E-state index in [1.807, 2.05) is 0 Å². The largest absolute Gasteiger partial charge is 0.324 e. The molecule has 1 saturated carbocycles. The number of carbonyl (C=O) groups excluding carboxylic acids is 1. The van der Waals surface area contributed by atoms with Gasteiger partial charge in [0.2, 0.25) is 0 Å². The van der Waals surface area contributed by atoms with Crippen LogP contribution in [0.4, 0.5) is 0 Å². The molecule has 1 rings (SSSR count). The Hall–Kier alpha value is -0.370. The van der Waals surface area contributed by atoms with Gasteiger partial charge in [-0.3, -0.25) is 4.79 Å². The topological polar surface area (TPSA) is 43.1 Å². The van der Waals surface area contributed by atoms with Crippen molar-refractivity contribution in [2.24, 2.45) is 17.1 Å². The summed E-state index contributed by atoms with van der Waals surface area (Å²) in [6.07, 6.45) is 1.89. The number of nitrogens with two attached hydrogens (primary N) is 1. The van der Waals surface area contributed by atoms with Crippen molar-refractivity contribution in [3.63, 3.8) is 0 Å². The lowest BCUT2D eigenvalue weighted by Crippen LogP contribution is -2.14. The molecule has 0 heterocycles. The molecule has 0 aliphatic heterocycles. The molecular weight excluding hydrogens is 126 g/mol. The van der Waals surface area contributed by atoms with Crippen LogP contribution in [0.3, 0.4) is 0 Å². The van der Waals surface area contributed by atoms with Crippen molar-refractivity contribution in [3.8, 4) is 0 Å². The maximum absolute atomic E-state index is 10.8. The lowest BCUT2D eigenvalue weighted by atomic mass is 10.1. The Balaban J connectivity index is 2.24. The van der Waals surface area contributed by atoms with E-state index in [1.54, 1.807) is 0 Å². The van der Waals surface area contributed by atoms with Gasteiger partial charge in [0.1, 0.15) is 5.78 Å². The summed E-state index contributed by atoms with van der Waals surface area (Å²) in [7, 11) is 0. The van der Waals surface area contributed by atoms with E-state index in [0.717, 1.165) is 0 Å². The van der Waals surface area contributed by atoms with Gasteiger partial charge in [0, 0.05) is 6.42 Å². The van der Waals surface area contributed by atoms with Crippen LogP contribution in [0.1, 0.15) is 26.7 Å². The summed E-state index contributed by atoms with van der Waals surface area (Å²) in [5, 5.41) is 0. The molecule has 2 heteroatoms.